The Morgan fingerprint density at radius 3 is 2.46 bits per heavy atom. The zero-order valence-electron chi connectivity index (χ0n) is 13.7. The number of aromatic nitrogens is 2. The molecular formula is C18H16N4O4. The first kappa shape index (κ1) is 17.2. The summed E-state index contributed by atoms with van der Waals surface area (Å²) in [5.74, 6) is -1.01. The monoisotopic (exact) mass is 352 g/mol. The highest BCUT2D eigenvalue weighted by Gasteiger charge is 2.12. The summed E-state index contributed by atoms with van der Waals surface area (Å²) in [6.07, 6.45) is 0.730. The summed E-state index contributed by atoms with van der Waals surface area (Å²) in [5, 5.41) is 19.2. The third-order valence-electron chi connectivity index (χ3n) is 3.71. The number of nitrogen functional groups attached to an aromatic ring is 1. The van der Waals surface area contributed by atoms with Crippen molar-refractivity contribution in [2.24, 2.45) is 0 Å². The maximum absolute atomic E-state index is 12.1. The maximum Gasteiger partial charge on any atom is 0.337 e. The molecule has 0 aliphatic carbocycles. The molecule has 0 radical (unpaired) electrons. The Hall–Kier alpha value is -3.68. The van der Waals surface area contributed by atoms with E-state index >= 15 is 0 Å². The smallest absolute Gasteiger partial charge is 0.337 e. The van der Waals surface area contributed by atoms with E-state index in [0.29, 0.717) is 12.3 Å². The van der Waals surface area contributed by atoms with E-state index < -0.39 is 5.97 Å². The first-order valence-corrected chi connectivity index (χ1v) is 7.83. The second-order valence-corrected chi connectivity index (χ2v) is 5.54. The van der Waals surface area contributed by atoms with Gasteiger partial charge in [-0.2, -0.15) is 0 Å². The zero-order chi connectivity index (χ0) is 18.5. The number of aromatic carboxylic acids is 1. The van der Waals surface area contributed by atoms with Gasteiger partial charge in [0.15, 0.2) is 0 Å². The van der Waals surface area contributed by atoms with Crippen molar-refractivity contribution in [1.29, 1.82) is 0 Å². The number of hydrogen-bond donors (Lipinski definition) is 3. The van der Waals surface area contributed by atoms with Gasteiger partial charge in [0.1, 0.15) is 0 Å². The Morgan fingerprint density at radius 2 is 1.81 bits per heavy atom. The van der Waals surface area contributed by atoms with Crippen molar-refractivity contribution in [3.05, 3.63) is 59.7 Å². The molecule has 0 atom stereocenters. The van der Waals surface area contributed by atoms with E-state index in [-0.39, 0.29) is 29.6 Å². The van der Waals surface area contributed by atoms with E-state index in [1.54, 1.807) is 30.3 Å². The van der Waals surface area contributed by atoms with E-state index in [1.807, 2.05) is 12.1 Å². The van der Waals surface area contributed by atoms with Gasteiger partial charge < -0.3 is 20.6 Å². The highest BCUT2D eigenvalue weighted by molar-refractivity contribution is 6.00. The van der Waals surface area contributed by atoms with Crippen molar-refractivity contribution in [2.45, 2.75) is 12.8 Å². The van der Waals surface area contributed by atoms with Crippen molar-refractivity contribution in [3.8, 4) is 11.5 Å². The van der Waals surface area contributed by atoms with Crippen molar-refractivity contribution in [1.82, 2.24) is 10.2 Å². The van der Waals surface area contributed by atoms with E-state index in [0.717, 1.165) is 11.1 Å². The summed E-state index contributed by atoms with van der Waals surface area (Å²) in [5.41, 5.74) is 7.42. The fraction of sp³-hybridized carbons (Fsp3) is 0.111. The quantitative estimate of drug-likeness (QED) is 0.621. The lowest BCUT2D eigenvalue weighted by molar-refractivity contribution is -0.116. The fourth-order valence-electron chi connectivity index (χ4n) is 2.41. The lowest BCUT2D eigenvalue weighted by Crippen LogP contribution is -2.15. The SMILES string of the molecule is Nc1nnc(-c2ccc(CCC(=O)Nc3ccccc3C(=O)O)cc2)o1. The maximum atomic E-state index is 12.1. The molecule has 1 aromatic heterocycles. The van der Waals surface area contributed by atoms with Crippen LogP contribution in [0, 0.1) is 0 Å². The predicted octanol–water partition coefficient (Wildman–Crippen LogP) is 2.59. The van der Waals surface area contributed by atoms with Crippen LogP contribution in [0.1, 0.15) is 22.3 Å². The van der Waals surface area contributed by atoms with Gasteiger partial charge in [-0.1, -0.05) is 29.4 Å². The average Bonchev–Trinajstić information content (AvgIpc) is 3.07. The molecule has 0 saturated carbocycles. The first-order chi connectivity index (χ1) is 12.5. The number of anilines is 2. The lowest BCUT2D eigenvalue weighted by atomic mass is 10.1. The number of benzene rings is 2. The van der Waals surface area contributed by atoms with E-state index in [1.165, 1.54) is 6.07 Å². The third kappa shape index (κ3) is 4.04. The van der Waals surface area contributed by atoms with Gasteiger partial charge in [-0.15, -0.1) is 5.10 Å². The van der Waals surface area contributed by atoms with Crippen LogP contribution in [0.4, 0.5) is 11.7 Å². The number of nitrogens with zero attached hydrogens (tertiary/aromatic N) is 2. The zero-order valence-corrected chi connectivity index (χ0v) is 13.7. The molecule has 2 aromatic carbocycles. The van der Waals surface area contributed by atoms with Gasteiger partial charge in [-0.05, 0) is 36.2 Å². The van der Waals surface area contributed by atoms with Crippen molar-refractivity contribution < 1.29 is 19.1 Å². The molecule has 8 nitrogen and oxygen atoms in total. The van der Waals surface area contributed by atoms with Gasteiger partial charge >= 0.3 is 12.0 Å². The van der Waals surface area contributed by atoms with E-state index in [4.69, 9.17) is 15.3 Å². The molecule has 8 heteroatoms. The number of nitrogens with one attached hydrogen (secondary N) is 1. The molecule has 26 heavy (non-hydrogen) atoms. The number of hydrogen-bond acceptors (Lipinski definition) is 6. The standard InChI is InChI=1S/C18H16N4O4/c19-18-22-21-16(26-18)12-8-5-11(6-9-12)7-10-15(23)20-14-4-2-1-3-13(14)17(24)25/h1-6,8-9H,7,10H2,(H2,19,22)(H,20,23)(H,24,25). The number of carboxylic acids is 1. The Balaban J connectivity index is 1.59. The minimum absolute atomic E-state index is 0.00221. The summed E-state index contributed by atoms with van der Waals surface area (Å²) >= 11 is 0. The molecule has 0 spiro atoms. The highest BCUT2D eigenvalue weighted by Crippen LogP contribution is 2.20. The number of carboxylic acid groups (broad SMARTS) is 1. The van der Waals surface area contributed by atoms with Crippen LogP contribution in [-0.4, -0.2) is 27.2 Å². The normalized spacial score (nSPS) is 10.5. The van der Waals surface area contributed by atoms with Crippen molar-refractivity contribution in [3.63, 3.8) is 0 Å². The van der Waals surface area contributed by atoms with Crippen LogP contribution in [0.3, 0.4) is 0 Å². The molecule has 132 valence electrons. The van der Waals surface area contributed by atoms with Gasteiger partial charge in [-0.25, -0.2) is 4.79 Å². The minimum Gasteiger partial charge on any atom is -0.478 e. The molecule has 0 fully saturated rings. The summed E-state index contributed by atoms with van der Waals surface area (Å²) in [7, 11) is 0. The van der Waals surface area contributed by atoms with Crippen LogP contribution < -0.4 is 11.1 Å². The number of rotatable bonds is 6. The number of aryl methyl sites for hydroxylation is 1. The molecule has 0 unspecified atom stereocenters. The lowest BCUT2D eigenvalue weighted by Gasteiger charge is -2.08. The molecule has 1 heterocycles. The second kappa shape index (κ2) is 7.47. The number of carbonyl (C=O) groups excluding carboxylic acids is 1. The largest absolute Gasteiger partial charge is 0.478 e. The molecular weight excluding hydrogens is 336 g/mol. The van der Waals surface area contributed by atoms with Gasteiger partial charge in [0.05, 0.1) is 11.3 Å². The van der Waals surface area contributed by atoms with Crippen LogP contribution in [0.2, 0.25) is 0 Å². The Labute approximate surface area is 148 Å². The molecule has 0 aliphatic heterocycles. The van der Waals surface area contributed by atoms with E-state index in [9.17, 15) is 9.59 Å². The topological polar surface area (TPSA) is 131 Å². The van der Waals surface area contributed by atoms with Gasteiger partial charge in [0.25, 0.3) is 0 Å². The number of nitrogens with two attached hydrogens (primary N) is 1. The Bertz CT molecular complexity index is 934. The number of para-hydroxylation sites is 1. The third-order valence-corrected chi connectivity index (χ3v) is 3.71. The molecule has 3 aromatic rings. The van der Waals surface area contributed by atoms with Crippen molar-refractivity contribution >= 4 is 23.6 Å². The van der Waals surface area contributed by atoms with Gasteiger partial charge in [-0.3, -0.25) is 4.79 Å². The van der Waals surface area contributed by atoms with Gasteiger partial charge in [0.2, 0.25) is 11.8 Å². The summed E-state index contributed by atoms with van der Waals surface area (Å²) in [6, 6.07) is 13.6. The second-order valence-electron chi connectivity index (χ2n) is 5.54. The molecule has 0 saturated heterocycles. The van der Waals surface area contributed by atoms with Crippen LogP contribution >= 0.6 is 0 Å². The number of amides is 1. The molecule has 4 N–H and O–H groups in total. The highest BCUT2D eigenvalue weighted by atomic mass is 16.4. The van der Waals surface area contributed by atoms with E-state index in [2.05, 4.69) is 15.5 Å². The molecule has 1 amide bonds. The summed E-state index contributed by atoms with van der Waals surface area (Å²) in [4.78, 5) is 23.3. The van der Waals surface area contributed by atoms with Crippen LogP contribution in [0.5, 0.6) is 0 Å². The summed E-state index contributed by atoms with van der Waals surface area (Å²) in [6.45, 7) is 0. The van der Waals surface area contributed by atoms with Crippen LogP contribution in [0.25, 0.3) is 11.5 Å². The molecule has 0 bridgehead atoms. The first-order valence-electron chi connectivity index (χ1n) is 7.83. The molecule has 3 rings (SSSR count). The molecule has 0 aliphatic rings. The predicted molar refractivity (Wildman–Crippen MR) is 94.5 cm³/mol. The van der Waals surface area contributed by atoms with Crippen LogP contribution in [-0.2, 0) is 11.2 Å². The number of carbonyl (C=O) groups is 2. The van der Waals surface area contributed by atoms with Crippen molar-refractivity contribution in [2.75, 3.05) is 11.1 Å². The van der Waals surface area contributed by atoms with Crippen LogP contribution in [0.15, 0.2) is 52.9 Å². The Kier molecular flexibility index (Phi) is 4.93. The minimum atomic E-state index is -1.09. The summed E-state index contributed by atoms with van der Waals surface area (Å²) < 4.78 is 5.15. The Morgan fingerprint density at radius 1 is 1.08 bits per heavy atom. The fourth-order valence-corrected chi connectivity index (χ4v) is 2.41. The average molecular weight is 352 g/mol. The van der Waals surface area contributed by atoms with Gasteiger partial charge in [0, 0.05) is 12.0 Å².